The third-order valence-corrected chi connectivity index (χ3v) is 6.19. The number of hydrogen-bond donors (Lipinski definition) is 3. The number of amides is 1. The lowest BCUT2D eigenvalue weighted by Gasteiger charge is -2.15. The fraction of sp³-hybridized carbons (Fsp3) is 0.0476. The van der Waals surface area contributed by atoms with Crippen LogP contribution in [0.25, 0.3) is 11.2 Å². The number of carbonyl (C=O) groups excluding carboxylic acids is 1. The summed E-state index contributed by atoms with van der Waals surface area (Å²) < 4.78 is 33.8. The minimum absolute atomic E-state index is 0.0492. The van der Waals surface area contributed by atoms with Gasteiger partial charge >= 0.3 is 0 Å². The summed E-state index contributed by atoms with van der Waals surface area (Å²) in [6, 6.07) is 13.6. The van der Waals surface area contributed by atoms with E-state index in [4.69, 9.17) is 22.1 Å². The highest BCUT2D eigenvalue weighted by Gasteiger charge is 2.21. The summed E-state index contributed by atoms with van der Waals surface area (Å²) in [4.78, 5) is 24.2. The van der Waals surface area contributed by atoms with Gasteiger partial charge in [-0.3, -0.25) is 9.52 Å². The monoisotopic (exact) mass is 484 g/mol. The van der Waals surface area contributed by atoms with Crippen molar-refractivity contribution in [2.24, 2.45) is 5.73 Å². The van der Waals surface area contributed by atoms with Crippen molar-refractivity contribution in [3.05, 3.63) is 71.4 Å². The number of ether oxygens (including phenoxy) is 1. The van der Waals surface area contributed by atoms with Crippen molar-refractivity contribution in [3.63, 3.8) is 0 Å². The molecular weight excluding hydrogens is 468 g/mol. The normalized spacial score (nSPS) is 11.2. The Bertz CT molecular complexity index is 1480. The molecule has 0 radical (unpaired) electrons. The van der Waals surface area contributed by atoms with Gasteiger partial charge in [-0.25, -0.2) is 23.4 Å². The maximum atomic E-state index is 13.1. The molecule has 1 amide bonds. The zero-order chi connectivity index (χ0) is 23.6. The van der Waals surface area contributed by atoms with Gasteiger partial charge in [0.15, 0.2) is 17.3 Å². The van der Waals surface area contributed by atoms with Crippen LogP contribution in [0.1, 0.15) is 10.4 Å². The van der Waals surface area contributed by atoms with Gasteiger partial charge in [-0.1, -0.05) is 17.7 Å². The molecule has 0 saturated carbocycles. The van der Waals surface area contributed by atoms with E-state index in [1.54, 1.807) is 36.5 Å². The van der Waals surface area contributed by atoms with Gasteiger partial charge < -0.3 is 15.8 Å². The SMILES string of the molecule is COc1ccc(Cl)c(Nc2nc3ncccc3nc2NS(=O)(=O)c2cccc(C(N)=O)c2)c1. The molecule has 2 heterocycles. The van der Waals surface area contributed by atoms with Gasteiger partial charge in [-0.05, 0) is 42.5 Å². The maximum absolute atomic E-state index is 13.1. The topological polar surface area (TPSA) is 149 Å². The lowest BCUT2D eigenvalue weighted by atomic mass is 10.2. The number of sulfonamides is 1. The van der Waals surface area contributed by atoms with Crippen LogP contribution in [0.2, 0.25) is 5.02 Å². The largest absolute Gasteiger partial charge is 0.497 e. The highest BCUT2D eigenvalue weighted by molar-refractivity contribution is 7.92. The zero-order valence-electron chi connectivity index (χ0n) is 17.1. The Morgan fingerprint density at radius 2 is 1.88 bits per heavy atom. The van der Waals surface area contributed by atoms with E-state index in [-0.39, 0.29) is 27.7 Å². The first-order valence-corrected chi connectivity index (χ1v) is 11.3. The van der Waals surface area contributed by atoms with E-state index in [1.807, 2.05) is 0 Å². The summed E-state index contributed by atoms with van der Waals surface area (Å²) in [7, 11) is -2.65. The van der Waals surface area contributed by atoms with Crippen LogP contribution in [0.5, 0.6) is 5.75 Å². The Morgan fingerprint density at radius 3 is 2.64 bits per heavy atom. The first-order valence-electron chi connectivity index (χ1n) is 9.43. The van der Waals surface area contributed by atoms with Crippen molar-refractivity contribution < 1.29 is 17.9 Å². The van der Waals surface area contributed by atoms with Crippen LogP contribution in [0.3, 0.4) is 0 Å². The number of carbonyl (C=O) groups is 1. The molecule has 2 aromatic heterocycles. The standard InChI is InChI=1S/C21H17ClN6O4S/c1-32-13-7-8-15(22)17(11-13)26-20-21(25-16-6-3-9-24-19(16)27-20)28-33(30,31)14-5-2-4-12(10-14)18(23)29/h2-11H,1H3,(H2,23,29)(H,25,28)(H,24,26,27). The lowest BCUT2D eigenvalue weighted by molar-refractivity contribution is 0.1000. The van der Waals surface area contributed by atoms with Crippen LogP contribution in [-0.4, -0.2) is 36.4 Å². The van der Waals surface area contributed by atoms with Gasteiger partial charge in [0, 0.05) is 17.8 Å². The molecule has 0 aliphatic heterocycles. The first-order chi connectivity index (χ1) is 15.8. The third kappa shape index (κ3) is 4.78. The number of nitrogens with two attached hydrogens (primary N) is 1. The van der Waals surface area contributed by atoms with Gasteiger partial charge in [0.1, 0.15) is 11.3 Å². The zero-order valence-corrected chi connectivity index (χ0v) is 18.7. The number of pyridine rings is 1. The van der Waals surface area contributed by atoms with E-state index in [2.05, 4.69) is 25.0 Å². The van der Waals surface area contributed by atoms with Crippen molar-refractivity contribution in [3.8, 4) is 5.75 Å². The average molecular weight is 485 g/mol. The number of fused-ring (bicyclic) bond motifs is 1. The summed E-state index contributed by atoms with van der Waals surface area (Å²) in [6.45, 7) is 0. The predicted molar refractivity (Wildman–Crippen MR) is 124 cm³/mol. The number of primary amides is 1. The molecule has 0 unspecified atom stereocenters. The number of aromatic nitrogens is 3. The molecule has 10 nitrogen and oxygen atoms in total. The third-order valence-electron chi connectivity index (χ3n) is 4.53. The number of benzene rings is 2. The van der Waals surface area contributed by atoms with Crippen molar-refractivity contribution in [1.82, 2.24) is 15.0 Å². The molecule has 4 rings (SSSR count). The molecule has 0 saturated heterocycles. The smallest absolute Gasteiger partial charge is 0.263 e. The lowest BCUT2D eigenvalue weighted by Crippen LogP contribution is -2.17. The second-order valence-corrected chi connectivity index (χ2v) is 8.82. The fourth-order valence-corrected chi connectivity index (χ4v) is 4.13. The summed E-state index contributed by atoms with van der Waals surface area (Å²) in [6.07, 6.45) is 1.54. The van der Waals surface area contributed by atoms with Crippen molar-refractivity contribution in [2.45, 2.75) is 4.90 Å². The highest BCUT2D eigenvalue weighted by atomic mass is 35.5. The van der Waals surface area contributed by atoms with Gasteiger partial charge in [0.2, 0.25) is 5.91 Å². The molecule has 0 fully saturated rings. The van der Waals surface area contributed by atoms with E-state index < -0.39 is 15.9 Å². The Balaban J connectivity index is 1.80. The number of anilines is 3. The fourth-order valence-electron chi connectivity index (χ4n) is 2.91. The molecule has 0 aliphatic carbocycles. The minimum atomic E-state index is -4.15. The number of nitrogens with zero attached hydrogens (tertiary/aromatic N) is 3. The number of nitrogens with one attached hydrogen (secondary N) is 2. The predicted octanol–water partition coefficient (Wildman–Crippen LogP) is 3.33. The Morgan fingerprint density at radius 1 is 1.06 bits per heavy atom. The summed E-state index contributed by atoms with van der Waals surface area (Å²) >= 11 is 6.29. The van der Waals surface area contributed by atoms with Gasteiger partial charge in [-0.15, -0.1) is 0 Å². The van der Waals surface area contributed by atoms with Crippen LogP contribution in [0, 0.1) is 0 Å². The second-order valence-electron chi connectivity index (χ2n) is 6.74. The molecule has 33 heavy (non-hydrogen) atoms. The average Bonchev–Trinajstić information content (AvgIpc) is 2.80. The van der Waals surface area contributed by atoms with E-state index in [0.717, 1.165) is 0 Å². The molecule has 2 aromatic carbocycles. The van der Waals surface area contributed by atoms with Gasteiger partial charge in [-0.2, -0.15) is 0 Å². The molecule has 0 bridgehead atoms. The molecule has 168 valence electrons. The number of rotatable bonds is 7. The van der Waals surface area contributed by atoms with Crippen molar-refractivity contribution in [1.29, 1.82) is 0 Å². The molecule has 0 atom stereocenters. The summed E-state index contributed by atoms with van der Waals surface area (Å²) in [5.41, 5.74) is 6.39. The Hall–Kier alpha value is -3.96. The van der Waals surface area contributed by atoms with Crippen LogP contribution in [0.4, 0.5) is 17.3 Å². The van der Waals surface area contributed by atoms with Crippen LogP contribution in [-0.2, 0) is 10.0 Å². The van der Waals surface area contributed by atoms with Crippen molar-refractivity contribution in [2.75, 3.05) is 17.1 Å². The van der Waals surface area contributed by atoms with E-state index >= 15 is 0 Å². The van der Waals surface area contributed by atoms with Gasteiger partial charge in [0.25, 0.3) is 10.0 Å². The van der Waals surface area contributed by atoms with E-state index in [1.165, 1.54) is 31.4 Å². The number of hydrogen-bond acceptors (Lipinski definition) is 8. The molecular formula is C21H17ClN6O4S. The van der Waals surface area contributed by atoms with Crippen molar-refractivity contribution >= 4 is 56.0 Å². The minimum Gasteiger partial charge on any atom is -0.497 e. The molecule has 4 N–H and O–H groups in total. The summed E-state index contributed by atoms with van der Waals surface area (Å²) in [5.74, 6) is -0.261. The summed E-state index contributed by atoms with van der Waals surface area (Å²) in [5, 5.41) is 3.33. The quantitative estimate of drug-likeness (QED) is 0.361. The van der Waals surface area contributed by atoms with Crippen LogP contribution >= 0.6 is 11.6 Å². The first kappa shape index (κ1) is 22.2. The maximum Gasteiger partial charge on any atom is 0.263 e. The Labute approximate surface area is 193 Å². The number of halogens is 1. The molecule has 12 heteroatoms. The van der Waals surface area contributed by atoms with Crippen LogP contribution < -0.4 is 20.5 Å². The highest BCUT2D eigenvalue weighted by Crippen LogP contribution is 2.32. The van der Waals surface area contributed by atoms with Gasteiger partial charge in [0.05, 0.1) is 22.7 Å². The number of methoxy groups -OCH3 is 1. The van der Waals surface area contributed by atoms with E-state index in [0.29, 0.717) is 22.0 Å². The molecule has 0 spiro atoms. The Kier molecular flexibility index (Phi) is 5.99. The second kappa shape index (κ2) is 8.88. The van der Waals surface area contributed by atoms with Crippen LogP contribution in [0.15, 0.2) is 65.7 Å². The molecule has 0 aliphatic rings. The van der Waals surface area contributed by atoms with E-state index in [9.17, 15) is 13.2 Å². The molecule has 4 aromatic rings.